The highest BCUT2D eigenvalue weighted by Gasteiger charge is 2.16. The van der Waals surface area contributed by atoms with Crippen LogP contribution < -0.4 is 10.1 Å². The van der Waals surface area contributed by atoms with Crippen molar-refractivity contribution in [2.75, 3.05) is 19.8 Å². The summed E-state index contributed by atoms with van der Waals surface area (Å²) in [6, 6.07) is 6.82. The Morgan fingerprint density at radius 2 is 1.96 bits per heavy atom. The van der Waals surface area contributed by atoms with Crippen LogP contribution in [0.25, 0.3) is 0 Å². The Labute approximate surface area is 148 Å². The molecular formula is C19H27NO5. The van der Waals surface area contributed by atoms with Crippen LogP contribution in [0.15, 0.2) is 24.3 Å². The Bertz CT molecular complexity index is 547. The van der Waals surface area contributed by atoms with Crippen LogP contribution in [-0.4, -0.2) is 43.8 Å². The van der Waals surface area contributed by atoms with Crippen LogP contribution in [0.4, 0.5) is 0 Å². The normalized spacial score (nSPS) is 16.7. The second kappa shape index (κ2) is 10.0. The van der Waals surface area contributed by atoms with Gasteiger partial charge in [0.2, 0.25) is 0 Å². The minimum Gasteiger partial charge on any atom is -0.491 e. The number of ether oxygens (including phenoxy) is 3. The largest absolute Gasteiger partial charge is 0.491 e. The fourth-order valence-corrected chi connectivity index (χ4v) is 2.63. The van der Waals surface area contributed by atoms with Crippen molar-refractivity contribution in [2.24, 2.45) is 0 Å². The van der Waals surface area contributed by atoms with E-state index in [1.807, 2.05) is 13.8 Å². The van der Waals surface area contributed by atoms with Gasteiger partial charge < -0.3 is 19.5 Å². The fraction of sp³-hybridized carbons (Fsp3) is 0.579. The molecule has 25 heavy (non-hydrogen) atoms. The predicted molar refractivity (Wildman–Crippen MR) is 93.7 cm³/mol. The molecule has 1 unspecified atom stereocenters. The standard InChI is InChI=1S/C19H27NO5/c1-3-15(4-2)20-18(21)13-25-19(22)14-7-9-16(10-8-14)24-12-17-6-5-11-23-17/h7-10,15,17H,3-6,11-13H2,1-2H3,(H,20,21). The van der Waals surface area contributed by atoms with E-state index >= 15 is 0 Å². The average Bonchev–Trinajstić information content (AvgIpc) is 3.16. The summed E-state index contributed by atoms with van der Waals surface area (Å²) in [4.78, 5) is 23.7. The molecule has 0 aromatic heterocycles. The van der Waals surface area contributed by atoms with E-state index in [9.17, 15) is 9.59 Å². The molecule has 1 aliphatic heterocycles. The Kier molecular flexibility index (Phi) is 7.73. The summed E-state index contributed by atoms with van der Waals surface area (Å²) in [5, 5.41) is 2.83. The van der Waals surface area contributed by atoms with Gasteiger partial charge in [-0.2, -0.15) is 0 Å². The van der Waals surface area contributed by atoms with Crippen molar-refractivity contribution in [3.63, 3.8) is 0 Å². The van der Waals surface area contributed by atoms with Crippen molar-refractivity contribution in [1.29, 1.82) is 0 Å². The first kappa shape index (κ1) is 19.2. The van der Waals surface area contributed by atoms with Gasteiger partial charge in [0.1, 0.15) is 12.4 Å². The van der Waals surface area contributed by atoms with Crippen LogP contribution in [0.1, 0.15) is 49.9 Å². The number of nitrogens with one attached hydrogen (secondary N) is 1. The lowest BCUT2D eigenvalue weighted by Gasteiger charge is -2.14. The molecule has 6 heteroatoms. The molecule has 1 aromatic rings. The number of rotatable bonds is 9. The minimum atomic E-state index is -0.523. The van der Waals surface area contributed by atoms with Crippen LogP contribution in [-0.2, 0) is 14.3 Å². The van der Waals surface area contributed by atoms with Gasteiger partial charge in [0, 0.05) is 12.6 Å². The van der Waals surface area contributed by atoms with E-state index < -0.39 is 5.97 Å². The summed E-state index contributed by atoms with van der Waals surface area (Å²) in [6.07, 6.45) is 3.94. The third-order valence-corrected chi connectivity index (χ3v) is 4.23. The smallest absolute Gasteiger partial charge is 0.338 e. The molecule has 0 aliphatic carbocycles. The molecule has 1 fully saturated rings. The first-order valence-electron chi connectivity index (χ1n) is 8.93. The van der Waals surface area contributed by atoms with Crippen LogP contribution in [0.5, 0.6) is 5.75 Å². The van der Waals surface area contributed by atoms with E-state index in [1.54, 1.807) is 24.3 Å². The summed E-state index contributed by atoms with van der Waals surface area (Å²) in [6.45, 7) is 5.04. The van der Waals surface area contributed by atoms with E-state index in [2.05, 4.69) is 5.32 Å². The minimum absolute atomic E-state index is 0.117. The van der Waals surface area contributed by atoms with Gasteiger partial charge in [-0.15, -0.1) is 0 Å². The Hall–Kier alpha value is -2.08. The maximum Gasteiger partial charge on any atom is 0.338 e. The second-order valence-corrected chi connectivity index (χ2v) is 6.13. The van der Waals surface area contributed by atoms with Crippen molar-refractivity contribution in [2.45, 2.75) is 51.7 Å². The number of hydrogen-bond donors (Lipinski definition) is 1. The van der Waals surface area contributed by atoms with Gasteiger partial charge in [0.15, 0.2) is 6.61 Å². The Morgan fingerprint density at radius 1 is 1.24 bits per heavy atom. The summed E-state index contributed by atoms with van der Waals surface area (Å²) < 4.78 is 16.2. The molecule has 0 radical (unpaired) electrons. The van der Waals surface area contributed by atoms with E-state index in [4.69, 9.17) is 14.2 Å². The summed E-state index contributed by atoms with van der Waals surface area (Å²) >= 11 is 0. The monoisotopic (exact) mass is 349 g/mol. The van der Waals surface area contributed by atoms with Crippen molar-refractivity contribution in [3.8, 4) is 5.75 Å². The van der Waals surface area contributed by atoms with Crippen molar-refractivity contribution < 1.29 is 23.8 Å². The van der Waals surface area contributed by atoms with Gasteiger partial charge in [-0.05, 0) is 49.9 Å². The van der Waals surface area contributed by atoms with Crippen molar-refractivity contribution in [1.82, 2.24) is 5.32 Å². The lowest BCUT2D eigenvalue weighted by atomic mass is 10.2. The fourth-order valence-electron chi connectivity index (χ4n) is 2.63. The number of esters is 1. The SMILES string of the molecule is CCC(CC)NC(=O)COC(=O)c1ccc(OCC2CCCO2)cc1. The van der Waals surface area contributed by atoms with Crippen LogP contribution in [0, 0.1) is 0 Å². The van der Waals surface area contributed by atoms with Gasteiger partial charge >= 0.3 is 5.97 Å². The molecule has 1 N–H and O–H groups in total. The summed E-state index contributed by atoms with van der Waals surface area (Å²) in [5.41, 5.74) is 0.389. The predicted octanol–water partition coefficient (Wildman–Crippen LogP) is 2.71. The number of carbonyl (C=O) groups excluding carboxylic acids is 2. The molecule has 1 saturated heterocycles. The van der Waals surface area contributed by atoms with Crippen molar-refractivity contribution in [3.05, 3.63) is 29.8 Å². The highest BCUT2D eigenvalue weighted by molar-refractivity contribution is 5.91. The van der Waals surface area contributed by atoms with Crippen LogP contribution in [0.3, 0.4) is 0 Å². The second-order valence-electron chi connectivity index (χ2n) is 6.13. The van der Waals surface area contributed by atoms with Crippen molar-refractivity contribution >= 4 is 11.9 Å². The number of hydrogen-bond acceptors (Lipinski definition) is 5. The average molecular weight is 349 g/mol. The Balaban J connectivity index is 1.74. The zero-order valence-corrected chi connectivity index (χ0v) is 15.0. The molecule has 0 spiro atoms. The van der Waals surface area contributed by atoms with E-state index in [0.29, 0.717) is 17.9 Å². The molecule has 1 heterocycles. The molecule has 1 aliphatic rings. The molecule has 138 valence electrons. The molecular weight excluding hydrogens is 322 g/mol. The zero-order valence-electron chi connectivity index (χ0n) is 15.0. The van der Waals surface area contributed by atoms with Gasteiger partial charge in [0.25, 0.3) is 5.91 Å². The van der Waals surface area contributed by atoms with Gasteiger partial charge in [-0.1, -0.05) is 13.8 Å². The topological polar surface area (TPSA) is 73.9 Å². The molecule has 0 saturated carbocycles. The summed E-state index contributed by atoms with van der Waals surface area (Å²) in [5.74, 6) is -0.123. The highest BCUT2D eigenvalue weighted by atomic mass is 16.5. The number of amides is 1. The molecule has 1 atom stereocenters. The first-order chi connectivity index (χ1) is 12.1. The van der Waals surface area contributed by atoms with E-state index in [-0.39, 0.29) is 24.7 Å². The molecule has 1 amide bonds. The lowest BCUT2D eigenvalue weighted by molar-refractivity contribution is -0.125. The maximum atomic E-state index is 12.0. The molecule has 1 aromatic carbocycles. The molecule has 0 bridgehead atoms. The lowest BCUT2D eigenvalue weighted by Crippen LogP contribution is -2.36. The number of carbonyl (C=O) groups is 2. The third-order valence-electron chi connectivity index (χ3n) is 4.23. The van der Waals surface area contributed by atoms with E-state index in [0.717, 1.165) is 32.3 Å². The van der Waals surface area contributed by atoms with E-state index in [1.165, 1.54) is 0 Å². The third kappa shape index (κ3) is 6.38. The van der Waals surface area contributed by atoms with Crippen LogP contribution in [0.2, 0.25) is 0 Å². The number of benzene rings is 1. The molecule has 2 rings (SSSR count). The summed E-state index contributed by atoms with van der Waals surface area (Å²) in [7, 11) is 0. The first-order valence-corrected chi connectivity index (χ1v) is 8.93. The quantitative estimate of drug-likeness (QED) is 0.694. The van der Waals surface area contributed by atoms with Crippen LogP contribution >= 0.6 is 0 Å². The maximum absolute atomic E-state index is 12.0. The molecule has 6 nitrogen and oxygen atoms in total. The highest BCUT2D eigenvalue weighted by Crippen LogP contribution is 2.17. The van der Waals surface area contributed by atoms with Gasteiger partial charge in [-0.25, -0.2) is 4.79 Å². The van der Waals surface area contributed by atoms with Gasteiger partial charge in [-0.3, -0.25) is 4.79 Å². The Morgan fingerprint density at radius 3 is 2.56 bits per heavy atom. The zero-order chi connectivity index (χ0) is 18.1. The van der Waals surface area contributed by atoms with Gasteiger partial charge in [0.05, 0.1) is 11.7 Å².